The maximum atomic E-state index is 14.2. The van der Waals surface area contributed by atoms with Gasteiger partial charge in [-0.1, -0.05) is 30.3 Å². The highest BCUT2D eigenvalue weighted by Gasteiger charge is 2.35. The number of halogens is 2. The average Bonchev–Trinajstić information content (AvgIpc) is 2.81. The molecule has 3 nitrogen and oxygen atoms in total. The van der Waals surface area contributed by atoms with Crippen LogP contribution in [0.1, 0.15) is 36.5 Å². The Morgan fingerprint density at radius 1 is 0.969 bits per heavy atom. The zero-order valence-corrected chi connectivity index (χ0v) is 18.7. The Morgan fingerprint density at radius 2 is 1.66 bits per heavy atom. The largest absolute Gasteiger partial charge is 0.376 e. The van der Waals surface area contributed by atoms with Gasteiger partial charge in [0.25, 0.3) is 5.92 Å². The van der Waals surface area contributed by atoms with Gasteiger partial charge in [-0.3, -0.25) is 4.98 Å². The van der Waals surface area contributed by atoms with E-state index in [-0.39, 0.29) is 11.0 Å². The van der Waals surface area contributed by atoms with Gasteiger partial charge in [0, 0.05) is 30.3 Å². The molecule has 1 saturated heterocycles. The topological polar surface area (TPSA) is 25.4 Å². The third-order valence-electron chi connectivity index (χ3n) is 6.49. The van der Waals surface area contributed by atoms with Gasteiger partial charge in [-0.05, 0) is 85.6 Å². The SMILES string of the molecule is CN1CCC(COCc2cc(-c3ccncc3)cc(C(C)(F)F)c2)(c2ccccc2)CC1. The Balaban J connectivity index is 1.56. The predicted octanol–water partition coefficient (Wildman–Crippen LogP) is 6.04. The van der Waals surface area contributed by atoms with Gasteiger partial charge in [-0.2, -0.15) is 0 Å². The molecule has 1 aromatic heterocycles. The second-order valence-corrected chi connectivity index (χ2v) is 8.99. The fourth-order valence-corrected chi connectivity index (χ4v) is 4.46. The molecule has 0 spiro atoms. The standard InChI is InChI=1S/C27H30F2N2O/c1-26(28,29)25-17-21(16-23(18-25)22-8-12-30-13-9-22)19-32-20-27(10-14-31(2)15-11-27)24-6-4-3-5-7-24/h3-9,12-13,16-18H,10-11,14-15,19-20H2,1-2H3. The van der Waals surface area contributed by atoms with E-state index in [2.05, 4.69) is 41.2 Å². The first-order valence-corrected chi connectivity index (χ1v) is 11.1. The molecule has 2 aromatic carbocycles. The molecule has 0 unspecified atom stereocenters. The van der Waals surface area contributed by atoms with Crippen molar-refractivity contribution < 1.29 is 13.5 Å². The number of aromatic nitrogens is 1. The maximum Gasteiger partial charge on any atom is 0.270 e. The predicted molar refractivity (Wildman–Crippen MR) is 124 cm³/mol. The van der Waals surface area contributed by atoms with E-state index >= 15 is 0 Å². The molecular weight excluding hydrogens is 406 g/mol. The molecule has 0 saturated carbocycles. The molecule has 2 heterocycles. The van der Waals surface area contributed by atoms with Crippen molar-refractivity contribution in [3.63, 3.8) is 0 Å². The van der Waals surface area contributed by atoms with Crippen molar-refractivity contribution in [2.45, 2.75) is 37.7 Å². The fraction of sp³-hybridized carbons (Fsp3) is 0.370. The van der Waals surface area contributed by atoms with E-state index in [0.717, 1.165) is 49.5 Å². The van der Waals surface area contributed by atoms with Crippen molar-refractivity contribution in [2.75, 3.05) is 26.7 Å². The quantitative estimate of drug-likeness (QED) is 0.451. The Morgan fingerprint density at radius 3 is 2.31 bits per heavy atom. The lowest BCUT2D eigenvalue weighted by molar-refractivity contribution is 0.0168. The van der Waals surface area contributed by atoms with Crippen molar-refractivity contribution in [3.05, 3.63) is 89.7 Å². The fourth-order valence-electron chi connectivity index (χ4n) is 4.46. The molecule has 168 valence electrons. The number of pyridine rings is 1. The summed E-state index contributed by atoms with van der Waals surface area (Å²) in [7, 11) is 2.15. The summed E-state index contributed by atoms with van der Waals surface area (Å²) in [5, 5.41) is 0. The number of rotatable bonds is 7. The van der Waals surface area contributed by atoms with Gasteiger partial charge in [0.05, 0.1) is 13.2 Å². The number of nitrogens with zero attached hydrogens (tertiary/aromatic N) is 2. The Labute approximate surface area is 189 Å². The Hall–Kier alpha value is -2.63. The highest BCUT2D eigenvalue weighted by molar-refractivity contribution is 5.65. The molecule has 0 amide bonds. The number of hydrogen-bond donors (Lipinski definition) is 0. The molecule has 32 heavy (non-hydrogen) atoms. The number of benzene rings is 2. The number of piperidine rings is 1. The van der Waals surface area contributed by atoms with Crippen LogP contribution in [0, 0.1) is 0 Å². The zero-order chi connectivity index (χ0) is 22.6. The van der Waals surface area contributed by atoms with Gasteiger partial charge >= 0.3 is 0 Å². The molecule has 1 fully saturated rings. The summed E-state index contributed by atoms with van der Waals surface area (Å²) >= 11 is 0. The average molecular weight is 437 g/mol. The van der Waals surface area contributed by atoms with Crippen LogP contribution < -0.4 is 0 Å². The van der Waals surface area contributed by atoms with E-state index in [1.807, 2.05) is 24.3 Å². The maximum absolute atomic E-state index is 14.2. The van der Waals surface area contributed by atoms with E-state index in [4.69, 9.17) is 4.74 Å². The number of hydrogen-bond acceptors (Lipinski definition) is 3. The molecule has 1 aliphatic heterocycles. The molecule has 0 radical (unpaired) electrons. The van der Waals surface area contributed by atoms with Crippen molar-refractivity contribution >= 4 is 0 Å². The highest BCUT2D eigenvalue weighted by Crippen LogP contribution is 2.36. The molecular formula is C27H30F2N2O. The van der Waals surface area contributed by atoms with Gasteiger partial charge in [0.15, 0.2) is 0 Å². The van der Waals surface area contributed by atoms with E-state index < -0.39 is 5.92 Å². The zero-order valence-electron chi connectivity index (χ0n) is 18.7. The molecule has 0 atom stereocenters. The summed E-state index contributed by atoms with van der Waals surface area (Å²) in [6.07, 6.45) is 5.38. The molecule has 3 aromatic rings. The van der Waals surface area contributed by atoms with Crippen LogP contribution in [0.5, 0.6) is 0 Å². The lowest BCUT2D eigenvalue weighted by Gasteiger charge is -2.41. The van der Waals surface area contributed by atoms with Crippen LogP contribution in [-0.2, 0) is 22.7 Å². The van der Waals surface area contributed by atoms with Crippen LogP contribution in [0.3, 0.4) is 0 Å². The molecule has 0 N–H and O–H groups in total. The molecule has 0 bridgehead atoms. The van der Waals surface area contributed by atoms with E-state index in [1.165, 1.54) is 5.56 Å². The molecule has 0 aliphatic carbocycles. The lowest BCUT2D eigenvalue weighted by atomic mass is 9.73. The summed E-state index contributed by atoms with van der Waals surface area (Å²) < 4.78 is 34.6. The van der Waals surface area contributed by atoms with Gasteiger partial charge in [-0.25, -0.2) is 8.78 Å². The summed E-state index contributed by atoms with van der Waals surface area (Å²) in [6.45, 7) is 3.84. The third-order valence-corrected chi connectivity index (χ3v) is 6.49. The molecule has 5 heteroatoms. The van der Waals surface area contributed by atoms with Gasteiger partial charge < -0.3 is 9.64 Å². The van der Waals surface area contributed by atoms with Gasteiger partial charge in [0.1, 0.15) is 0 Å². The Kier molecular flexibility index (Phi) is 6.68. The number of alkyl halides is 2. The van der Waals surface area contributed by atoms with Crippen LogP contribution in [0.2, 0.25) is 0 Å². The molecule has 1 aliphatic rings. The second kappa shape index (κ2) is 9.47. The van der Waals surface area contributed by atoms with Crippen molar-refractivity contribution in [1.82, 2.24) is 9.88 Å². The first-order chi connectivity index (χ1) is 15.4. The minimum absolute atomic E-state index is 0.00229. The number of likely N-dealkylation sites (tertiary alicyclic amines) is 1. The normalized spacial score (nSPS) is 16.8. The minimum Gasteiger partial charge on any atom is -0.376 e. The summed E-state index contributed by atoms with van der Waals surface area (Å²) in [4.78, 5) is 6.37. The van der Waals surface area contributed by atoms with Crippen molar-refractivity contribution in [1.29, 1.82) is 0 Å². The van der Waals surface area contributed by atoms with Crippen LogP contribution in [0.4, 0.5) is 8.78 Å². The summed E-state index contributed by atoms with van der Waals surface area (Å²) in [6, 6.07) is 19.3. The van der Waals surface area contributed by atoms with E-state index in [0.29, 0.717) is 13.2 Å². The lowest BCUT2D eigenvalue weighted by Crippen LogP contribution is -2.43. The van der Waals surface area contributed by atoms with E-state index in [1.54, 1.807) is 24.5 Å². The minimum atomic E-state index is -2.92. The second-order valence-electron chi connectivity index (χ2n) is 8.99. The van der Waals surface area contributed by atoms with E-state index in [9.17, 15) is 8.78 Å². The first kappa shape index (κ1) is 22.6. The monoisotopic (exact) mass is 436 g/mol. The smallest absolute Gasteiger partial charge is 0.270 e. The molecule has 4 rings (SSSR count). The number of ether oxygens (including phenoxy) is 1. The highest BCUT2D eigenvalue weighted by atomic mass is 19.3. The van der Waals surface area contributed by atoms with Gasteiger partial charge in [-0.15, -0.1) is 0 Å². The van der Waals surface area contributed by atoms with Crippen LogP contribution in [-0.4, -0.2) is 36.6 Å². The Bertz CT molecular complexity index is 1010. The summed E-state index contributed by atoms with van der Waals surface area (Å²) in [5.41, 5.74) is 3.62. The van der Waals surface area contributed by atoms with Crippen LogP contribution in [0.15, 0.2) is 73.1 Å². The van der Waals surface area contributed by atoms with Crippen molar-refractivity contribution in [3.8, 4) is 11.1 Å². The van der Waals surface area contributed by atoms with Gasteiger partial charge in [0.2, 0.25) is 0 Å². The van der Waals surface area contributed by atoms with Crippen LogP contribution in [0.25, 0.3) is 11.1 Å². The van der Waals surface area contributed by atoms with Crippen molar-refractivity contribution in [2.24, 2.45) is 0 Å². The van der Waals surface area contributed by atoms with Crippen LogP contribution >= 0.6 is 0 Å². The first-order valence-electron chi connectivity index (χ1n) is 11.1. The summed E-state index contributed by atoms with van der Waals surface area (Å²) in [5.74, 6) is -2.92. The third kappa shape index (κ3) is 5.22.